The van der Waals surface area contributed by atoms with Crippen LogP contribution in [0.4, 0.5) is 10.7 Å². The fourth-order valence-electron chi connectivity index (χ4n) is 3.87. The molecule has 1 aliphatic carbocycles. The Balaban J connectivity index is 1.81. The number of nitrogens with one attached hydrogen (secondary N) is 1. The predicted molar refractivity (Wildman–Crippen MR) is 126 cm³/mol. The highest BCUT2D eigenvalue weighted by molar-refractivity contribution is 7.17. The third kappa shape index (κ3) is 5.43. The number of rotatable bonds is 6. The van der Waals surface area contributed by atoms with Gasteiger partial charge in [0.25, 0.3) is 5.69 Å². The second-order valence-corrected chi connectivity index (χ2v) is 10.0. The van der Waals surface area contributed by atoms with Crippen molar-refractivity contribution in [3.63, 3.8) is 0 Å². The van der Waals surface area contributed by atoms with Gasteiger partial charge in [-0.1, -0.05) is 20.8 Å². The van der Waals surface area contributed by atoms with E-state index < -0.39 is 10.9 Å². The van der Waals surface area contributed by atoms with Crippen LogP contribution in [0.3, 0.4) is 0 Å². The molecule has 7 nitrogen and oxygen atoms in total. The van der Waals surface area contributed by atoms with E-state index in [0.717, 1.165) is 29.7 Å². The van der Waals surface area contributed by atoms with Crippen molar-refractivity contribution < 1.29 is 19.2 Å². The van der Waals surface area contributed by atoms with Crippen LogP contribution in [0.1, 0.15) is 60.5 Å². The van der Waals surface area contributed by atoms with Crippen LogP contribution in [0.2, 0.25) is 0 Å². The van der Waals surface area contributed by atoms with E-state index in [2.05, 4.69) is 26.1 Å². The number of nitro groups is 1. The summed E-state index contributed by atoms with van der Waals surface area (Å²) in [4.78, 5) is 36.7. The molecule has 0 fully saturated rings. The van der Waals surface area contributed by atoms with Gasteiger partial charge in [-0.05, 0) is 66.9 Å². The Morgan fingerprint density at radius 3 is 2.56 bits per heavy atom. The second-order valence-electron chi connectivity index (χ2n) is 8.91. The molecule has 2 aromatic rings. The number of nitro benzene ring substituents is 1. The molecule has 1 heterocycles. The first-order valence-electron chi connectivity index (χ1n) is 10.6. The molecule has 0 spiro atoms. The van der Waals surface area contributed by atoms with Crippen molar-refractivity contribution in [2.24, 2.45) is 11.3 Å². The number of nitrogens with zero attached hydrogens (tertiary/aromatic N) is 1. The topological polar surface area (TPSA) is 98.5 Å². The van der Waals surface area contributed by atoms with E-state index in [1.165, 1.54) is 29.5 Å². The van der Waals surface area contributed by atoms with E-state index in [4.69, 9.17) is 4.74 Å². The lowest BCUT2D eigenvalue weighted by Crippen LogP contribution is -2.26. The maximum atomic E-state index is 12.7. The Bertz CT molecular complexity index is 1050. The fourth-order valence-corrected chi connectivity index (χ4v) is 5.18. The standard InChI is InChI=1S/C24H28N2O5S/c1-5-31-23(28)21-18-12-9-16(24(2,3)4)14-19(18)32-22(21)25-20(27)13-8-15-6-10-17(11-7-15)26(29)30/h6-8,10-11,13,16H,5,9,12,14H2,1-4H3,(H,25,27)/b13-8+/t16-/m0/s1. The molecule has 170 valence electrons. The Hall–Kier alpha value is -3.00. The number of fused-ring (bicyclic) bond motifs is 1. The van der Waals surface area contributed by atoms with E-state index in [1.807, 2.05) is 0 Å². The van der Waals surface area contributed by atoms with Crippen molar-refractivity contribution in [1.29, 1.82) is 0 Å². The molecule has 0 saturated heterocycles. The summed E-state index contributed by atoms with van der Waals surface area (Å²) in [6.07, 6.45) is 5.59. The van der Waals surface area contributed by atoms with Gasteiger partial charge in [-0.3, -0.25) is 14.9 Å². The van der Waals surface area contributed by atoms with E-state index in [0.29, 0.717) is 22.0 Å². The number of anilines is 1. The molecule has 3 rings (SSSR count). The van der Waals surface area contributed by atoms with Crippen molar-refractivity contribution in [2.45, 2.75) is 47.0 Å². The minimum Gasteiger partial charge on any atom is -0.462 e. The third-order valence-corrected chi connectivity index (χ3v) is 6.91. The maximum absolute atomic E-state index is 12.7. The van der Waals surface area contributed by atoms with Gasteiger partial charge >= 0.3 is 5.97 Å². The molecule has 1 aromatic heterocycles. The molecule has 1 aliphatic rings. The molecular formula is C24H28N2O5S. The highest BCUT2D eigenvalue weighted by atomic mass is 32.1. The lowest BCUT2D eigenvalue weighted by Gasteiger charge is -2.33. The molecule has 0 bridgehead atoms. The predicted octanol–water partition coefficient (Wildman–Crippen LogP) is 5.64. The van der Waals surface area contributed by atoms with E-state index >= 15 is 0 Å². The van der Waals surface area contributed by atoms with Crippen LogP contribution in [-0.2, 0) is 22.4 Å². The fraction of sp³-hybridized carbons (Fsp3) is 0.417. The van der Waals surface area contributed by atoms with Gasteiger partial charge in [0.05, 0.1) is 17.1 Å². The Kier molecular flexibility index (Phi) is 7.13. The number of ether oxygens (including phenoxy) is 1. The van der Waals surface area contributed by atoms with Crippen molar-refractivity contribution >= 4 is 40.0 Å². The van der Waals surface area contributed by atoms with Crippen molar-refractivity contribution in [2.75, 3.05) is 11.9 Å². The average molecular weight is 457 g/mol. The summed E-state index contributed by atoms with van der Waals surface area (Å²) in [5.41, 5.74) is 2.28. The number of hydrogen-bond donors (Lipinski definition) is 1. The Labute approximate surface area is 191 Å². The number of benzene rings is 1. The molecule has 0 unspecified atom stereocenters. The maximum Gasteiger partial charge on any atom is 0.341 e. The number of carbonyl (C=O) groups excluding carboxylic acids is 2. The summed E-state index contributed by atoms with van der Waals surface area (Å²) in [5.74, 6) is -0.275. The molecule has 1 N–H and O–H groups in total. The van der Waals surface area contributed by atoms with Crippen LogP contribution in [0.25, 0.3) is 6.08 Å². The highest BCUT2D eigenvalue weighted by Gasteiger charge is 2.34. The Morgan fingerprint density at radius 2 is 1.97 bits per heavy atom. The molecule has 32 heavy (non-hydrogen) atoms. The number of esters is 1. The number of non-ortho nitro benzene ring substituents is 1. The number of hydrogen-bond acceptors (Lipinski definition) is 6. The Morgan fingerprint density at radius 1 is 1.28 bits per heavy atom. The first-order chi connectivity index (χ1) is 15.1. The van der Waals surface area contributed by atoms with Gasteiger partial charge < -0.3 is 10.1 Å². The van der Waals surface area contributed by atoms with Crippen LogP contribution in [-0.4, -0.2) is 23.4 Å². The van der Waals surface area contributed by atoms with Gasteiger partial charge in [-0.25, -0.2) is 4.79 Å². The van der Waals surface area contributed by atoms with Crippen LogP contribution < -0.4 is 5.32 Å². The lowest BCUT2D eigenvalue weighted by molar-refractivity contribution is -0.384. The van der Waals surface area contributed by atoms with Gasteiger partial charge in [-0.15, -0.1) is 11.3 Å². The summed E-state index contributed by atoms with van der Waals surface area (Å²) in [6, 6.07) is 5.91. The van der Waals surface area contributed by atoms with E-state index in [-0.39, 0.29) is 23.6 Å². The van der Waals surface area contributed by atoms with E-state index in [9.17, 15) is 19.7 Å². The zero-order valence-corrected chi connectivity index (χ0v) is 19.6. The minimum absolute atomic E-state index is 0.0107. The molecule has 1 amide bonds. The SMILES string of the molecule is CCOC(=O)c1c(NC(=O)/C=C/c2ccc([N+](=O)[O-])cc2)sc2c1CC[C@H](C(C)(C)C)C2. The smallest absolute Gasteiger partial charge is 0.341 e. The van der Waals surface area contributed by atoms with Crippen molar-refractivity contribution in [3.05, 3.63) is 62.0 Å². The molecule has 0 saturated carbocycles. The summed E-state index contributed by atoms with van der Waals surface area (Å²) < 4.78 is 5.27. The first kappa shape index (κ1) is 23.7. The molecule has 8 heteroatoms. The van der Waals surface area contributed by atoms with Crippen LogP contribution in [0.5, 0.6) is 0 Å². The number of carbonyl (C=O) groups is 2. The molecule has 1 aromatic carbocycles. The molecule has 0 aliphatic heterocycles. The quantitative estimate of drug-likeness (QED) is 0.263. The normalized spacial score (nSPS) is 15.9. The summed E-state index contributed by atoms with van der Waals surface area (Å²) in [7, 11) is 0. The zero-order valence-electron chi connectivity index (χ0n) is 18.8. The first-order valence-corrected chi connectivity index (χ1v) is 11.5. The summed E-state index contributed by atoms with van der Waals surface area (Å²) in [6.45, 7) is 8.72. The highest BCUT2D eigenvalue weighted by Crippen LogP contribution is 2.44. The van der Waals surface area contributed by atoms with Crippen molar-refractivity contribution in [3.8, 4) is 0 Å². The van der Waals surface area contributed by atoms with Crippen LogP contribution in [0.15, 0.2) is 30.3 Å². The van der Waals surface area contributed by atoms with Gasteiger partial charge in [0.1, 0.15) is 5.00 Å². The summed E-state index contributed by atoms with van der Waals surface area (Å²) in [5, 5.41) is 14.1. The number of amides is 1. The lowest BCUT2D eigenvalue weighted by atomic mass is 9.72. The average Bonchev–Trinajstić information content (AvgIpc) is 3.09. The second kappa shape index (κ2) is 9.65. The largest absolute Gasteiger partial charge is 0.462 e. The van der Waals surface area contributed by atoms with Crippen LogP contribution >= 0.6 is 11.3 Å². The molecule has 1 atom stereocenters. The van der Waals surface area contributed by atoms with E-state index in [1.54, 1.807) is 25.1 Å². The van der Waals surface area contributed by atoms with Gasteiger partial charge in [0.2, 0.25) is 5.91 Å². The third-order valence-electron chi connectivity index (χ3n) is 5.74. The van der Waals surface area contributed by atoms with Gasteiger partial charge in [-0.2, -0.15) is 0 Å². The molecular weight excluding hydrogens is 428 g/mol. The van der Waals surface area contributed by atoms with Gasteiger partial charge in [0, 0.05) is 23.1 Å². The summed E-state index contributed by atoms with van der Waals surface area (Å²) >= 11 is 1.45. The monoisotopic (exact) mass is 456 g/mol. The minimum atomic E-state index is -0.472. The van der Waals surface area contributed by atoms with Crippen LogP contribution in [0, 0.1) is 21.4 Å². The van der Waals surface area contributed by atoms with Gasteiger partial charge in [0.15, 0.2) is 0 Å². The molecule has 0 radical (unpaired) electrons. The van der Waals surface area contributed by atoms with Crippen molar-refractivity contribution in [1.82, 2.24) is 0 Å². The number of thiophene rings is 1. The zero-order chi connectivity index (χ0) is 23.5.